The molecule has 8 heteroatoms. The number of rotatable bonds is 3. The number of hydrogen-bond acceptors (Lipinski definition) is 5. The minimum atomic E-state index is -0.158. The SMILES string of the molecule is O=C(c1ccccc1)N1CCN(C(=O)c2nnn3c2CO[C@@H](c2ccccc2)C3)CC1. The number of aromatic nitrogens is 3. The lowest BCUT2D eigenvalue weighted by Gasteiger charge is -2.34. The molecule has 31 heavy (non-hydrogen) atoms. The van der Waals surface area contributed by atoms with E-state index in [1.54, 1.807) is 14.5 Å². The van der Waals surface area contributed by atoms with Gasteiger partial charge in [-0.15, -0.1) is 5.10 Å². The standard InChI is InChI=1S/C23H23N5O3/c29-22(18-9-5-2-6-10-18)26-11-13-27(14-12-26)23(30)21-19-16-31-20(15-28(19)25-24-21)17-7-3-1-4-8-17/h1-10,20H,11-16H2/t20-/m1/s1. The van der Waals surface area contributed by atoms with Gasteiger partial charge in [-0.1, -0.05) is 53.7 Å². The molecular formula is C23H23N5O3. The van der Waals surface area contributed by atoms with Crippen molar-refractivity contribution in [2.75, 3.05) is 26.2 Å². The van der Waals surface area contributed by atoms with E-state index in [1.807, 2.05) is 60.7 Å². The normalized spacial score (nSPS) is 18.5. The molecular weight excluding hydrogens is 394 g/mol. The molecule has 0 radical (unpaired) electrons. The number of carbonyl (C=O) groups excluding carboxylic acids is 2. The van der Waals surface area contributed by atoms with Crippen LogP contribution in [0, 0.1) is 0 Å². The predicted octanol–water partition coefficient (Wildman–Crippen LogP) is 2.15. The Morgan fingerprint density at radius 3 is 2.13 bits per heavy atom. The van der Waals surface area contributed by atoms with Crippen molar-refractivity contribution in [3.8, 4) is 0 Å². The fourth-order valence-corrected chi connectivity index (χ4v) is 4.07. The number of carbonyl (C=O) groups is 2. The third-order valence-corrected chi connectivity index (χ3v) is 5.85. The van der Waals surface area contributed by atoms with Gasteiger partial charge in [0, 0.05) is 31.7 Å². The molecule has 0 saturated carbocycles. The van der Waals surface area contributed by atoms with E-state index in [-0.39, 0.29) is 17.9 Å². The molecule has 0 spiro atoms. The molecule has 1 fully saturated rings. The summed E-state index contributed by atoms with van der Waals surface area (Å²) in [6.45, 7) is 2.75. The van der Waals surface area contributed by atoms with Crippen LogP contribution >= 0.6 is 0 Å². The summed E-state index contributed by atoms with van der Waals surface area (Å²) < 4.78 is 7.77. The smallest absolute Gasteiger partial charge is 0.276 e. The lowest BCUT2D eigenvalue weighted by atomic mass is 10.1. The minimum absolute atomic E-state index is 0.00547. The first-order chi connectivity index (χ1) is 15.2. The summed E-state index contributed by atoms with van der Waals surface area (Å²) in [5.74, 6) is -0.163. The Hall–Kier alpha value is -3.52. The number of nitrogens with zero attached hydrogens (tertiary/aromatic N) is 5. The molecule has 1 aromatic heterocycles. The van der Waals surface area contributed by atoms with Gasteiger partial charge in [0.15, 0.2) is 5.69 Å². The third kappa shape index (κ3) is 3.82. The summed E-state index contributed by atoms with van der Waals surface area (Å²) in [6, 6.07) is 19.2. The average Bonchev–Trinajstić information content (AvgIpc) is 3.27. The van der Waals surface area contributed by atoms with Gasteiger partial charge in [0.1, 0.15) is 6.10 Å². The maximum Gasteiger partial charge on any atom is 0.276 e. The predicted molar refractivity (Wildman–Crippen MR) is 112 cm³/mol. The monoisotopic (exact) mass is 417 g/mol. The van der Waals surface area contributed by atoms with Crippen LogP contribution in [-0.4, -0.2) is 62.8 Å². The number of fused-ring (bicyclic) bond motifs is 1. The van der Waals surface area contributed by atoms with E-state index in [0.717, 1.165) is 5.56 Å². The van der Waals surface area contributed by atoms with Gasteiger partial charge in [-0.2, -0.15) is 0 Å². The van der Waals surface area contributed by atoms with E-state index in [9.17, 15) is 9.59 Å². The molecule has 5 rings (SSSR count). The third-order valence-electron chi connectivity index (χ3n) is 5.85. The Morgan fingerprint density at radius 1 is 0.839 bits per heavy atom. The molecule has 0 aliphatic carbocycles. The van der Waals surface area contributed by atoms with E-state index in [4.69, 9.17) is 4.74 Å². The zero-order chi connectivity index (χ0) is 21.2. The van der Waals surface area contributed by atoms with Gasteiger partial charge >= 0.3 is 0 Å². The highest BCUT2D eigenvalue weighted by atomic mass is 16.5. The molecule has 8 nitrogen and oxygen atoms in total. The maximum absolute atomic E-state index is 13.1. The van der Waals surface area contributed by atoms with Crippen LogP contribution in [0.5, 0.6) is 0 Å². The van der Waals surface area contributed by atoms with Crippen LogP contribution in [0.2, 0.25) is 0 Å². The second kappa shape index (κ2) is 8.31. The second-order valence-corrected chi connectivity index (χ2v) is 7.73. The lowest BCUT2D eigenvalue weighted by molar-refractivity contribution is -0.00202. The van der Waals surface area contributed by atoms with E-state index < -0.39 is 0 Å². The van der Waals surface area contributed by atoms with Crippen LogP contribution in [0.15, 0.2) is 60.7 Å². The molecule has 0 unspecified atom stereocenters. The van der Waals surface area contributed by atoms with E-state index >= 15 is 0 Å². The van der Waals surface area contributed by atoms with Gasteiger partial charge in [0.25, 0.3) is 11.8 Å². The van der Waals surface area contributed by atoms with Crippen LogP contribution in [0.1, 0.15) is 38.2 Å². The topological polar surface area (TPSA) is 80.6 Å². The number of piperazine rings is 1. The molecule has 2 aliphatic heterocycles. The largest absolute Gasteiger partial charge is 0.365 e. The van der Waals surface area contributed by atoms with Crippen molar-refractivity contribution in [1.29, 1.82) is 0 Å². The van der Waals surface area contributed by atoms with Gasteiger partial charge in [0.05, 0.1) is 18.8 Å². The van der Waals surface area contributed by atoms with E-state index in [1.165, 1.54) is 0 Å². The van der Waals surface area contributed by atoms with Crippen molar-refractivity contribution in [2.45, 2.75) is 19.3 Å². The first-order valence-corrected chi connectivity index (χ1v) is 10.4. The Kier molecular flexibility index (Phi) is 5.21. The molecule has 2 aromatic carbocycles. The second-order valence-electron chi connectivity index (χ2n) is 7.73. The van der Waals surface area contributed by atoms with Crippen molar-refractivity contribution < 1.29 is 14.3 Å². The molecule has 3 heterocycles. The van der Waals surface area contributed by atoms with Gasteiger partial charge in [0.2, 0.25) is 0 Å². The Bertz CT molecular complexity index is 1080. The van der Waals surface area contributed by atoms with Crippen molar-refractivity contribution >= 4 is 11.8 Å². The Balaban J connectivity index is 1.23. The van der Waals surface area contributed by atoms with Crippen molar-refractivity contribution in [3.63, 3.8) is 0 Å². The van der Waals surface area contributed by atoms with E-state index in [0.29, 0.717) is 56.3 Å². The van der Waals surface area contributed by atoms with Gasteiger partial charge in [-0.05, 0) is 17.7 Å². The van der Waals surface area contributed by atoms with Crippen LogP contribution in [0.4, 0.5) is 0 Å². The molecule has 0 N–H and O–H groups in total. The van der Waals surface area contributed by atoms with Crippen LogP contribution in [-0.2, 0) is 17.9 Å². The van der Waals surface area contributed by atoms with Crippen molar-refractivity contribution in [2.24, 2.45) is 0 Å². The van der Waals surface area contributed by atoms with Crippen LogP contribution < -0.4 is 0 Å². The Labute approximate surface area is 180 Å². The maximum atomic E-state index is 13.1. The summed E-state index contributed by atoms with van der Waals surface area (Å²) in [6.07, 6.45) is -0.106. The van der Waals surface area contributed by atoms with Crippen LogP contribution in [0.3, 0.4) is 0 Å². The van der Waals surface area contributed by atoms with Crippen molar-refractivity contribution in [3.05, 3.63) is 83.2 Å². The van der Waals surface area contributed by atoms with E-state index in [2.05, 4.69) is 10.3 Å². The fourth-order valence-electron chi connectivity index (χ4n) is 4.07. The first-order valence-electron chi connectivity index (χ1n) is 10.4. The average molecular weight is 417 g/mol. The molecule has 3 aromatic rings. The highest BCUT2D eigenvalue weighted by Gasteiger charge is 2.32. The molecule has 1 atom stereocenters. The number of hydrogen-bond donors (Lipinski definition) is 0. The fraction of sp³-hybridized carbons (Fsp3) is 0.304. The van der Waals surface area contributed by atoms with Gasteiger partial charge in [-0.25, -0.2) is 4.68 Å². The van der Waals surface area contributed by atoms with Gasteiger partial charge in [-0.3, -0.25) is 9.59 Å². The minimum Gasteiger partial charge on any atom is -0.365 e. The zero-order valence-corrected chi connectivity index (χ0v) is 17.1. The lowest BCUT2D eigenvalue weighted by Crippen LogP contribution is -2.50. The number of benzene rings is 2. The number of amides is 2. The molecule has 2 aliphatic rings. The summed E-state index contributed by atoms with van der Waals surface area (Å²) in [5, 5.41) is 8.37. The van der Waals surface area contributed by atoms with Crippen molar-refractivity contribution in [1.82, 2.24) is 24.8 Å². The zero-order valence-electron chi connectivity index (χ0n) is 17.1. The molecule has 158 valence electrons. The summed E-state index contributed by atoms with van der Waals surface area (Å²) >= 11 is 0. The summed E-state index contributed by atoms with van der Waals surface area (Å²) in [5.41, 5.74) is 2.80. The summed E-state index contributed by atoms with van der Waals surface area (Å²) in [4.78, 5) is 29.2. The molecule has 1 saturated heterocycles. The quantitative estimate of drug-likeness (QED) is 0.652. The Morgan fingerprint density at radius 2 is 1.45 bits per heavy atom. The number of ether oxygens (including phenoxy) is 1. The van der Waals surface area contributed by atoms with Crippen LogP contribution in [0.25, 0.3) is 0 Å². The highest BCUT2D eigenvalue weighted by Crippen LogP contribution is 2.27. The molecule has 2 amide bonds. The summed E-state index contributed by atoms with van der Waals surface area (Å²) in [7, 11) is 0. The van der Waals surface area contributed by atoms with Gasteiger partial charge < -0.3 is 14.5 Å². The highest BCUT2D eigenvalue weighted by molar-refractivity contribution is 5.95. The molecule has 0 bridgehead atoms. The first kappa shape index (κ1) is 19.4.